The Morgan fingerprint density at radius 2 is 2.33 bits per heavy atom. The van der Waals surface area contributed by atoms with Crippen LogP contribution in [0.25, 0.3) is 0 Å². The predicted molar refractivity (Wildman–Crippen MR) is 31.4 cm³/mol. The van der Waals surface area contributed by atoms with Gasteiger partial charge in [-0.3, -0.25) is 9.59 Å². The van der Waals surface area contributed by atoms with Crippen LogP contribution >= 0.6 is 0 Å². The van der Waals surface area contributed by atoms with Crippen molar-refractivity contribution in [2.24, 2.45) is 0 Å². The molecule has 46 valence electrons. The first-order valence-electron chi connectivity index (χ1n) is 2.47. The highest BCUT2D eigenvalue weighted by Gasteiger charge is 2.07. The van der Waals surface area contributed by atoms with Crippen LogP contribution in [-0.2, 0) is 9.59 Å². The van der Waals surface area contributed by atoms with Crippen molar-refractivity contribution in [2.75, 3.05) is 0 Å². The topological polar surface area (TPSA) is 46.2 Å². The second-order valence-corrected chi connectivity index (χ2v) is 1.56. The number of hydrogen-bond acceptors (Lipinski definition) is 3. The molecular formula is C6H5NO2. The highest BCUT2D eigenvalue weighted by atomic mass is 16.1. The molecule has 0 spiro atoms. The van der Waals surface area contributed by atoms with Crippen LogP contribution < -0.4 is 5.32 Å². The van der Waals surface area contributed by atoms with Gasteiger partial charge in [-0.15, -0.1) is 0 Å². The van der Waals surface area contributed by atoms with Gasteiger partial charge < -0.3 is 5.32 Å². The molecule has 1 N–H and O–H groups in total. The van der Waals surface area contributed by atoms with Crippen molar-refractivity contribution in [3.8, 4) is 0 Å². The molecule has 1 aliphatic rings. The van der Waals surface area contributed by atoms with E-state index in [1.165, 1.54) is 18.4 Å². The van der Waals surface area contributed by atoms with Gasteiger partial charge in [-0.05, 0) is 0 Å². The molecule has 0 unspecified atom stereocenters. The van der Waals surface area contributed by atoms with E-state index in [1.807, 2.05) is 0 Å². The van der Waals surface area contributed by atoms with Gasteiger partial charge in [-0.25, -0.2) is 0 Å². The van der Waals surface area contributed by atoms with Gasteiger partial charge in [0, 0.05) is 18.4 Å². The summed E-state index contributed by atoms with van der Waals surface area (Å²) in [6, 6.07) is 0. The van der Waals surface area contributed by atoms with Gasteiger partial charge in [0.15, 0.2) is 0 Å². The highest BCUT2D eigenvalue weighted by Crippen LogP contribution is 1.98. The van der Waals surface area contributed by atoms with Gasteiger partial charge in [0.1, 0.15) is 6.29 Å². The number of rotatable bonds is 1. The summed E-state index contributed by atoms with van der Waals surface area (Å²) in [7, 11) is 0. The maximum absolute atomic E-state index is 10.6. The van der Waals surface area contributed by atoms with Gasteiger partial charge in [0.05, 0.1) is 5.70 Å². The van der Waals surface area contributed by atoms with Crippen molar-refractivity contribution in [3.63, 3.8) is 0 Å². The van der Waals surface area contributed by atoms with Crippen LogP contribution in [0.2, 0.25) is 0 Å². The number of allylic oxidation sites excluding steroid dienone is 2. The maximum atomic E-state index is 10.6. The molecule has 0 amide bonds. The summed E-state index contributed by atoms with van der Waals surface area (Å²) < 4.78 is 0. The zero-order valence-electron chi connectivity index (χ0n) is 4.63. The average Bonchev–Trinajstić information content (AvgIpc) is 2.18. The fourth-order valence-corrected chi connectivity index (χ4v) is 0.566. The van der Waals surface area contributed by atoms with Crippen LogP contribution in [0.15, 0.2) is 24.0 Å². The zero-order valence-corrected chi connectivity index (χ0v) is 4.63. The Hall–Kier alpha value is -1.38. The fraction of sp³-hybridized carbons (Fsp3) is 0. The molecule has 0 fully saturated rings. The molecule has 3 nitrogen and oxygen atoms in total. The van der Waals surface area contributed by atoms with Gasteiger partial charge in [0.2, 0.25) is 5.78 Å². The summed E-state index contributed by atoms with van der Waals surface area (Å²) in [6.45, 7) is 0. The van der Waals surface area contributed by atoms with Crippen molar-refractivity contribution < 1.29 is 9.59 Å². The largest absolute Gasteiger partial charge is 0.358 e. The Morgan fingerprint density at radius 1 is 1.56 bits per heavy atom. The third-order valence-corrected chi connectivity index (χ3v) is 0.974. The lowest BCUT2D eigenvalue weighted by Crippen LogP contribution is -2.04. The second-order valence-electron chi connectivity index (χ2n) is 1.56. The van der Waals surface area contributed by atoms with Crippen molar-refractivity contribution in [1.82, 2.24) is 5.32 Å². The lowest BCUT2D eigenvalue weighted by Gasteiger charge is -1.89. The summed E-state index contributed by atoms with van der Waals surface area (Å²) in [5, 5.41) is 2.61. The number of aldehydes is 1. The molecule has 0 bridgehead atoms. The minimum Gasteiger partial charge on any atom is -0.358 e. The lowest BCUT2D eigenvalue weighted by atomic mass is 10.3. The number of carbonyl (C=O) groups excluding carboxylic acids is 2. The van der Waals surface area contributed by atoms with Crippen LogP contribution in [0.1, 0.15) is 0 Å². The zero-order chi connectivity index (χ0) is 6.69. The third kappa shape index (κ3) is 1.05. The van der Waals surface area contributed by atoms with E-state index in [-0.39, 0.29) is 5.78 Å². The third-order valence-electron chi connectivity index (χ3n) is 0.974. The standard InChI is InChI=1S/C6H5NO2/c8-4-2-5-6(9)1-3-7-5/h1-4,7H/b5-2+. The summed E-state index contributed by atoms with van der Waals surface area (Å²) in [6.07, 6.45) is 4.64. The van der Waals surface area contributed by atoms with E-state index >= 15 is 0 Å². The molecule has 1 heterocycles. The van der Waals surface area contributed by atoms with Crippen molar-refractivity contribution in [3.05, 3.63) is 24.0 Å². The van der Waals surface area contributed by atoms with E-state index in [0.29, 0.717) is 12.0 Å². The molecule has 0 saturated carbocycles. The van der Waals surface area contributed by atoms with Crippen molar-refractivity contribution in [2.45, 2.75) is 0 Å². The van der Waals surface area contributed by atoms with E-state index in [2.05, 4.69) is 5.32 Å². The monoisotopic (exact) mass is 123 g/mol. The first-order valence-corrected chi connectivity index (χ1v) is 2.47. The summed E-state index contributed by atoms with van der Waals surface area (Å²) in [4.78, 5) is 20.4. The smallest absolute Gasteiger partial charge is 0.203 e. The van der Waals surface area contributed by atoms with Crippen LogP contribution in [0, 0.1) is 0 Å². The molecule has 0 atom stereocenters. The molecule has 0 aromatic heterocycles. The molecular weight excluding hydrogens is 118 g/mol. The van der Waals surface area contributed by atoms with Gasteiger partial charge in [-0.1, -0.05) is 0 Å². The normalized spacial score (nSPS) is 20.4. The number of hydrogen-bond donors (Lipinski definition) is 1. The van der Waals surface area contributed by atoms with Crippen LogP contribution in [0.5, 0.6) is 0 Å². The molecule has 1 rings (SSSR count). The van der Waals surface area contributed by atoms with Crippen LogP contribution in [0.4, 0.5) is 0 Å². The van der Waals surface area contributed by atoms with E-state index < -0.39 is 0 Å². The minimum absolute atomic E-state index is 0.151. The number of ketones is 1. The quantitative estimate of drug-likeness (QED) is 0.386. The van der Waals surface area contributed by atoms with Gasteiger partial charge >= 0.3 is 0 Å². The van der Waals surface area contributed by atoms with Gasteiger partial charge in [0.25, 0.3) is 0 Å². The fourth-order valence-electron chi connectivity index (χ4n) is 0.566. The Bertz CT molecular complexity index is 203. The Kier molecular flexibility index (Phi) is 1.44. The number of nitrogens with one attached hydrogen (secondary N) is 1. The Labute approximate surface area is 52.1 Å². The molecule has 0 aromatic rings. The van der Waals surface area contributed by atoms with Gasteiger partial charge in [-0.2, -0.15) is 0 Å². The van der Waals surface area contributed by atoms with Crippen molar-refractivity contribution in [1.29, 1.82) is 0 Å². The molecule has 0 aromatic carbocycles. The Balaban J connectivity index is 2.77. The Morgan fingerprint density at radius 3 is 2.78 bits per heavy atom. The van der Waals surface area contributed by atoms with E-state index in [4.69, 9.17) is 0 Å². The molecule has 9 heavy (non-hydrogen) atoms. The lowest BCUT2D eigenvalue weighted by molar-refractivity contribution is -0.111. The van der Waals surface area contributed by atoms with E-state index in [9.17, 15) is 9.59 Å². The first kappa shape index (κ1) is 5.75. The molecule has 0 saturated heterocycles. The summed E-state index contributed by atoms with van der Waals surface area (Å²) >= 11 is 0. The summed E-state index contributed by atoms with van der Waals surface area (Å²) in [5.74, 6) is -0.151. The summed E-state index contributed by atoms with van der Waals surface area (Å²) in [5.41, 5.74) is 0.338. The van der Waals surface area contributed by atoms with Crippen molar-refractivity contribution >= 4 is 12.1 Å². The number of carbonyl (C=O) groups is 2. The van der Waals surface area contributed by atoms with E-state index in [1.54, 1.807) is 0 Å². The molecule has 0 radical (unpaired) electrons. The van der Waals surface area contributed by atoms with E-state index in [0.717, 1.165) is 0 Å². The molecule has 0 aliphatic carbocycles. The minimum atomic E-state index is -0.151. The molecule has 1 aliphatic heterocycles. The average molecular weight is 123 g/mol. The predicted octanol–water partition coefficient (Wildman–Crippen LogP) is -0.245. The van der Waals surface area contributed by atoms with Crippen LogP contribution in [-0.4, -0.2) is 12.1 Å². The highest BCUT2D eigenvalue weighted by molar-refractivity contribution is 6.07. The SMILES string of the molecule is O=C/C=C1/NC=CC1=O. The van der Waals surface area contributed by atoms with Crippen LogP contribution in [0.3, 0.4) is 0 Å². The second kappa shape index (κ2) is 2.26. The first-order chi connectivity index (χ1) is 4.34. The maximum Gasteiger partial charge on any atom is 0.203 e. The molecule has 3 heteroatoms.